The van der Waals surface area contributed by atoms with Crippen molar-refractivity contribution in [3.05, 3.63) is 56.2 Å². The number of carbonyl (C=O) groups is 1. The van der Waals surface area contributed by atoms with Gasteiger partial charge in [-0.15, -0.1) is 0 Å². The molecule has 0 aliphatic carbocycles. The number of hydrogen-bond donors (Lipinski definition) is 1. The second-order valence-electron chi connectivity index (χ2n) is 4.64. The van der Waals surface area contributed by atoms with Gasteiger partial charge in [0.1, 0.15) is 17.4 Å². The molecule has 2 N–H and O–H groups in total. The monoisotopic (exact) mass is 410 g/mol. The average molecular weight is 410 g/mol. The molecule has 0 amide bonds. The fourth-order valence-corrected chi connectivity index (χ4v) is 3.07. The number of esters is 1. The topological polar surface area (TPSA) is 85.3 Å². The van der Waals surface area contributed by atoms with Gasteiger partial charge < -0.3 is 15.2 Å². The third-order valence-electron chi connectivity index (χ3n) is 3.32. The van der Waals surface area contributed by atoms with E-state index in [0.717, 1.165) is 9.13 Å². The summed E-state index contributed by atoms with van der Waals surface area (Å²) in [5, 5.41) is 9.45. The van der Waals surface area contributed by atoms with Crippen LogP contribution in [0, 0.1) is 14.9 Å². The molecule has 2 rings (SSSR count). The number of carbonyl (C=O) groups excluding carboxylic acids is 1. The second kappa shape index (κ2) is 6.83. The normalized spacial score (nSPS) is 17.8. The van der Waals surface area contributed by atoms with Gasteiger partial charge in [-0.25, -0.2) is 4.79 Å². The van der Waals surface area contributed by atoms with Gasteiger partial charge >= 0.3 is 5.97 Å². The summed E-state index contributed by atoms with van der Waals surface area (Å²) >= 11 is 2.17. The largest absolute Gasteiger partial charge is 0.463 e. The molecule has 0 spiro atoms. The second-order valence-corrected chi connectivity index (χ2v) is 5.80. The van der Waals surface area contributed by atoms with Gasteiger partial charge in [0.2, 0.25) is 5.88 Å². The van der Waals surface area contributed by atoms with Gasteiger partial charge in [-0.3, -0.25) is 0 Å². The van der Waals surface area contributed by atoms with Crippen molar-refractivity contribution in [1.29, 1.82) is 5.26 Å². The highest BCUT2D eigenvalue weighted by Gasteiger charge is 2.36. The summed E-state index contributed by atoms with van der Waals surface area (Å²) in [7, 11) is 0. The van der Waals surface area contributed by atoms with Crippen LogP contribution >= 0.6 is 22.6 Å². The lowest BCUT2D eigenvalue weighted by atomic mass is 9.83. The zero-order valence-corrected chi connectivity index (χ0v) is 14.4. The molecule has 1 aromatic carbocycles. The Balaban J connectivity index is 2.65. The zero-order valence-electron chi connectivity index (χ0n) is 12.2. The minimum Gasteiger partial charge on any atom is -0.463 e. The summed E-state index contributed by atoms with van der Waals surface area (Å²) in [6.07, 6.45) is 0. The van der Waals surface area contributed by atoms with Crippen molar-refractivity contribution in [2.45, 2.75) is 19.8 Å². The van der Waals surface area contributed by atoms with Crippen molar-refractivity contribution in [3.63, 3.8) is 0 Å². The number of rotatable bonds is 3. The molecule has 0 saturated heterocycles. The molecule has 22 heavy (non-hydrogen) atoms. The molecule has 0 aromatic heterocycles. The van der Waals surface area contributed by atoms with Gasteiger partial charge in [0, 0.05) is 3.57 Å². The lowest BCUT2D eigenvalue weighted by Crippen LogP contribution is -2.26. The molecule has 114 valence electrons. The number of halogens is 1. The molecule has 0 fully saturated rings. The molecule has 0 saturated carbocycles. The van der Waals surface area contributed by atoms with Gasteiger partial charge in [0.05, 0.1) is 18.1 Å². The third-order valence-corrected chi connectivity index (χ3v) is 4.30. The van der Waals surface area contributed by atoms with E-state index in [1.807, 2.05) is 24.3 Å². The Morgan fingerprint density at radius 3 is 2.77 bits per heavy atom. The van der Waals surface area contributed by atoms with Crippen LogP contribution < -0.4 is 5.73 Å². The van der Waals surface area contributed by atoms with E-state index in [1.54, 1.807) is 13.8 Å². The highest BCUT2D eigenvalue weighted by molar-refractivity contribution is 14.1. The molecular weight excluding hydrogens is 395 g/mol. The van der Waals surface area contributed by atoms with Crippen LogP contribution in [0.4, 0.5) is 0 Å². The van der Waals surface area contributed by atoms with Crippen molar-refractivity contribution >= 4 is 28.6 Å². The van der Waals surface area contributed by atoms with Crippen molar-refractivity contribution in [1.82, 2.24) is 0 Å². The first-order valence-corrected chi connectivity index (χ1v) is 7.79. The van der Waals surface area contributed by atoms with E-state index in [-0.39, 0.29) is 18.1 Å². The van der Waals surface area contributed by atoms with Crippen LogP contribution in [-0.2, 0) is 14.3 Å². The zero-order chi connectivity index (χ0) is 16.3. The molecule has 1 atom stereocenters. The number of nitrogens with zero attached hydrogens (tertiary/aromatic N) is 1. The van der Waals surface area contributed by atoms with E-state index in [2.05, 4.69) is 28.7 Å². The molecule has 1 aliphatic rings. The van der Waals surface area contributed by atoms with E-state index in [4.69, 9.17) is 15.2 Å². The minimum atomic E-state index is -0.578. The van der Waals surface area contributed by atoms with Crippen LogP contribution in [0.25, 0.3) is 0 Å². The van der Waals surface area contributed by atoms with Crippen molar-refractivity contribution in [3.8, 4) is 6.07 Å². The van der Waals surface area contributed by atoms with E-state index >= 15 is 0 Å². The van der Waals surface area contributed by atoms with E-state index in [0.29, 0.717) is 11.3 Å². The van der Waals surface area contributed by atoms with Gasteiger partial charge in [-0.2, -0.15) is 5.26 Å². The third kappa shape index (κ3) is 2.95. The first kappa shape index (κ1) is 16.4. The Kier molecular flexibility index (Phi) is 5.08. The van der Waals surface area contributed by atoms with Crippen molar-refractivity contribution in [2.75, 3.05) is 6.61 Å². The standard InChI is InChI=1S/C16H15IN2O3/c1-3-21-16(20)13-9(2)22-15(19)11(8-18)14(13)10-6-4-5-7-12(10)17/h4-7,14H,3,19H2,1-2H3/t14-/m0/s1. The molecular formula is C16H15IN2O3. The van der Waals surface area contributed by atoms with Gasteiger partial charge in [0.15, 0.2) is 0 Å². The van der Waals surface area contributed by atoms with Crippen LogP contribution in [0.1, 0.15) is 25.3 Å². The highest BCUT2D eigenvalue weighted by atomic mass is 127. The maximum Gasteiger partial charge on any atom is 0.338 e. The molecule has 1 heterocycles. The van der Waals surface area contributed by atoms with Crippen LogP contribution in [0.2, 0.25) is 0 Å². The summed E-state index contributed by atoms with van der Waals surface area (Å²) in [6.45, 7) is 3.62. The molecule has 1 aromatic rings. The SMILES string of the molecule is CCOC(=O)C1=C(C)OC(N)=C(C#N)[C@@H]1c1ccccc1I. The maximum atomic E-state index is 12.3. The maximum absolute atomic E-state index is 12.3. The fourth-order valence-electron chi connectivity index (χ4n) is 2.38. The van der Waals surface area contributed by atoms with Gasteiger partial charge in [-0.05, 0) is 48.1 Å². The molecule has 0 unspecified atom stereocenters. The van der Waals surface area contributed by atoms with Crippen LogP contribution in [0.3, 0.4) is 0 Å². The molecule has 5 nitrogen and oxygen atoms in total. The molecule has 0 bridgehead atoms. The Morgan fingerprint density at radius 1 is 1.50 bits per heavy atom. The number of benzene rings is 1. The average Bonchev–Trinajstić information content (AvgIpc) is 2.47. The lowest BCUT2D eigenvalue weighted by Gasteiger charge is -2.27. The predicted molar refractivity (Wildman–Crippen MR) is 89.1 cm³/mol. The lowest BCUT2D eigenvalue weighted by molar-refractivity contribution is -0.139. The Bertz CT molecular complexity index is 716. The number of ether oxygens (including phenoxy) is 2. The number of allylic oxidation sites excluding steroid dienone is 2. The number of nitriles is 1. The predicted octanol–water partition coefficient (Wildman–Crippen LogP) is 2.94. The van der Waals surface area contributed by atoms with Crippen LogP contribution in [-0.4, -0.2) is 12.6 Å². The van der Waals surface area contributed by atoms with Gasteiger partial charge in [0.25, 0.3) is 0 Å². The van der Waals surface area contributed by atoms with Crippen LogP contribution in [0.5, 0.6) is 0 Å². The quantitative estimate of drug-likeness (QED) is 0.612. The Labute approximate surface area is 142 Å². The van der Waals surface area contributed by atoms with Crippen molar-refractivity contribution < 1.29 is 14.3 Å². The minimum absolute atomic E-state index is 0.0256. The highest BCUT2D eigenvalue weighted by Crippen LogP contribution is 2.40. The summed E-state index contributed by atoms with van der Waals surface area (Å²) in [4.78, 5) is 12.3. The summed E-state index contributed by atoms with van der Waals surface area (Å²) in [6, 6.07) is 9.59. The van der Waals surface area contributed by atoms with Gasteiger partial charge in [-0.1, -0.05) is 18.2 Å². The molecule has 0 radical (unpaired) electrons. The smallest absolute Gasteiger partial charge is 0.338 e. The Hall–Kier alpha value is -2.01. The van der Waals surface area contributed by atoms with E-state index < -0.39 is 11.9 Å². The first-order valence-electron chi connectivity index (χ1n) is 6.71. The number of nitrogens with two attached hydrogens (primary N) is 1. The van der Waals surface area contributed by atoms with Crippen molar-refractivity contribution in [2.24, 2.45) is 5.73 Å². The fraction of sp³-hybridized carbons (Fsp3) is 0.250. The van der Waals surface area contributed by atoms with E-state index in [9.17, 15) is 10.1 Å². The number of hydrogen-bond acceptors (Lipinski definition) is 5. The first-order chi connectivity index (χ1) is 10.5. The summed E-state index contributed by atoms with van der Waals surface area (Å²) in [5.41, 5.74) is 7.20. The van der Waals surface area contributed by atoms with E-state index in [1.165, 1.54) is 0 Å². The summed E-state index contributed by atoms with van der Waals surface area (Å²) < 4.78 is 11.4. The van der Waals surface area contributed by atoms with Crippen LogP contribution in [0.15, 0.2) is 47.1 Å². The molecule has 6 heteroatoms. The molecule has 1 aliphatic heterocycles. The summed E-state index contributed by atoms with van der Waals surface area (Å²) in [5.74, 6) is -0.687. The Morgan fingerprint density at radius 2 is 2.18 bits per heavy atom.